The third-order valence-corrected chi connectivity index (χ3v) is 7.79. The van der Waals surface area contributed by atoms with E-state index in [2.05, 4.69) is 187 Å². The highest BCUT2D eigenvalue weighted by molar-refractivity contribution is 5.91. The highest BCUT2D eigenvalue weighted by Gasteiger charge is 2.20. The Labute approximate surface area is 396 Å². The van der Waals surface area contributed by atoms with E-state index in [-0.39, 0.29) is 21.4 Å². The summed E-state index contributed by atoms with van der Waals surface area (Å²) >= 11 is 0. The van der Waals surface area contributed by atoms with Crippen LogP contribution in [0.25, 0.3) is 16.7 Å². The summed E-state index contributed by atoms with van der Waals surface area (Å²) in [6.07, 6.45) is 8.17. The standard InChI is InChI=1S/C23H27N7O3.C23H4.H3N7O3.11H2/c1-32-12-11-27-7-9-28(10-8-27)18-13-20-21(24-14-18)29(23(31)30-22(20)25-16-26-30)15-17-3-5-19(33-2)6-4-17;1-3-5-7-9-11-13-15-17-19-21-23-22-20-18-16-14-12-10-8-6-4-2;1-2-3-4-5-6-7(8)10-9;;;;;;;;;;;/h3-6,13-14,16H,7-12,15H2,1-2H3;1H,2H3;9H,(H2,1,3,5);11*1H. The normalized spacial score (nSPS) is 10.8. The van der Waals surface area contributed by atoms with Crippen LogP contribution >= 0.6 is 0 Å². The van der Waals surface area contributed by atoms with Crippen molar-refractivity contribution in [2.45, 2.75) is 13.5 Å². The lowest BCUT2D eigenvalue weighted by molar-refractivity contribution is -0.873. The zero-order valence-electron chi connectivity index (χ0n) is 35.4. The molecule has 0 radical (unpaired) electrons. The summed E-state index contributed by atoms with van der Waals surface area (Å²) in [6, 6.07) is 9.73. The molecule has 1 aliphatic rings. The highest BCUT2D eigenvalue weighted by atomic mass is 17.2. The molecule has 0 atom stereocenters. The molecular formula is C46H56N14O6. The van der Waals surface area contributed by atoms with E-state index in [1.165, 1.54) is 10.8 Å². The molecule has 0 saturated carbocycles. The van der Waals surface area contributed by atoms with Gasteiger partial charge in [0, 0.05) is 84.4 Å². The van der Waals surface area contributed by atoms with Gasteiger partial charge in [0.05, 0.1) is 42.6 Å². The Morgan fingerprint density at radius 2 is 1.39 bits per heavy atom. The minimum absolute atomic E-state index is 0. The Balaban J connectivity index is -0.000000134. The molecule has 0 unspecified atom stereocenters. The van der Waals surface area contributed by atoms with Gasteiger partial charge in [0.1, 0.15) is 22.9 Å². The van der Waals surface area contributed by atoms with E-state index >= 15 is 0 Å². The molecule has 5 rings (SSSR count). The number of methoxy groups -OCH3 is 2. The van der Waals surface area contributed by atoms with E-state index in [0.29, 0.717) is 17.8 Å². The Kier molecular flexibility index (Phi) is 23.4. The first kappa shape index (κ1) is 50.2. The minimum Gasteiger partial charge on any atom is -0.497 e. The van der Waals surface area contributed by atoms with Crippen molar-refractivity contribution in [1.29, 1.82) is 0 Å². The summed E-state index contributed by atoms with van der Waals surface area (Å²) in [6.45, 7) is 7.52. The zero-order chi connectivity index (χ0) is 47.5. The number of fused-ring (bicyclic) bond motifs is 3. The molecule has 1 aromatic carbocycles. The molecule has 4 heterocycles. The largest absolute Gasteiger partial charge is 0.497 e. The van der Waals surface area contributed by atoms with Gasteiger partial charge >= 0.3 is 5.69 Å². The fourth-order valence-electron chi connectivity index (χ4n) is 5.01. The average molecular weight is 901 g/mol. The second kappa shape index (κ2) is 30.8. The van der Waals surface area contributed by atoms with Crippen molar-refractivity contribution in [3.63, 3.8) is 0 Å². The number of anilines is 1. The van der Waals surface area contributed by atoms with Gasteiger partial charge in [0.25, 0.3) is 0 Å². The number of hydrogen-bond acceptors (Lipinski definition) is 12. The fourth-order valence-corrected chi connectivity index (χ4v) is 5.01. The molecule has 1 fully saturated rings. The molecule has 0 aliphatic carbocycles. The first-order valence-corrected chi connectivity index (χ1v) is 18.6. The number of benzene rings is 1. The van der Waals surface area contributed by atoms with Crippen molar-refractivity contribution < 1.29 is 40.4 Å². The number of hydrogen-bond donors (Lipinski definition) is 2. The molecule has 20 heteroatoms. The van der Waals surface area contributed by atoms with Gasteiger partial charge in [-0.3, -0.25) is 14.7 Å². The zero-order valence-corrected chi connectivity index (χ0v) is 35.4. The fraction of sp³-hybridized carbons (Fsp3) is 0.217. The number of ether oxygens (including phenoxy) is 2. The van der Waals surface area contributed by atoms with Gasteiger partial charge < -0.3 is 30.4 Å². The predicted molar refractivity (Wildman–Crippen MR) is 264 cm³/mol. The molecule has 3 aromatic heterocycles. The van der Waals surface area contributed by atoms with Crippen LogP contribution in [0.3, 0.4) is 0 Å². The van der Waals surface area contributed by atoms with Crippen molar-refractivity contribution in [1.82, 2.24) is 29.0 Å². The van der Waals surface area contributed by atoms with Crippen LogP contribution in [0, 0.1) is 136 Å². The molecule has 3 N–H and O–H groups in total. The van der Waals surface area contributed by atoms with E-state index in [4.69, 9.17) is 26.1 Å². The topological polar surface area (TPSA) is 233 Å². The average Bonchev–Trinajstić information content (AvgIpc) is 3.86. The summed E-state index contributed by atoms with van der Waals surface area (Å²) < 4.78 is 13.4. The van der Waals surface area contributed by atoms with Crippen molar-refractivity contribution in [2.24, 2.45) is 32.0 Å². The molecule has 20 nitrogen and oxygen atoms in total. The molecule has 4 aromatic rings. The summed E-state index contributed by atoms with van der Waals surface area (Å²) in [5.74, 6) is 57.1. The Morgan fingerprint density at radius 3 is 1.91 bits per heavy atom. The molecule has 0 amide bonds. The number of piperazine rings is 1. The summed E-state index contributed by atoms with van der Waals surface area (Å²) in [5.41, 5.74) is 2.84. The van der Waals surface area contributed by atoms with Gasteiger partial charge in [-0.15, -0.1) is 6.42 Å². The van der Waals surface area contributed by atoms with Gasteiger partial charge in [-0.05, 0) is 125 Å². The number of nitrogens with two attached hydrogens (primary N) is 1. The van der Waals surface area contributed by atoms with E-state index in [1.807, 2.05) is 30.5 Å². The van der Waals surface area contributed by atoms with Crippen molar-refractivity contribution in [3.05, 3.63) is 64.1 Å². The summed E-state index contributed by atoms with van der Waals surface area (Å²) in [7, 11) is 3.36. The molecule has 1 aliphatic heterocycles. The second-order valence-corrected chi connectivity index (χ2v) is 11.7. The van der Waals surface area contributed by atoms with Crippen LogP contribution in [0.2, 0.25) is 0 Å². The van der Waals surface area contributed by atoms with Crippen molar-refractivity contribution in [2.75, 3.05) is 58.5 Å². The third-order valence-electron chi connectivity index (χ3n) is 7.79. The molecular weight excluding hydrogens is 845 g/mol. The number of pyridine rings is 1. The van der Waals surface area contributed by atoms with Crippen LogP contribution < -0.4 is 21.2 Å². The number of rotatable bonds is 10. The first-order chi connectivity index (χ1) is 32.4. The minimum atomic E-state index is -0.602. The van der Waals surface area contributed by atoms with E-state index in [1.54, 1.807) is 25.7 Å². The van der Waals surface area contributed by atoms with Crippen LogP contribution in [0.4, 0.5) is 5.69 Å². The number of nitrogens with zero attached hydrogens (tertiary/aromatic N) is 13. The Morgan fingerprint density at radius 1 is 0.818 bits per heavy atom. The maximum absolute atomic E-state index is 13.2. The highest BCUT2D eigenvalue weighted by Crippen LogP contribution is 2.24. The Bertz CT molecular complexity index is 3230. The van der Waals surface area contributed by atoms with Gasteiger partial charge in [-0.1, -0.05) is 23.3 Å². The van der Waals surface area contributed by atoms with Crippen molar-refractivity contribution >= 4 is 22.4 Å². The van der Waals surface area contributed by atoms with Gasteiger partial charge in [-0.2, -0.15) is 9.61 Å². The van der Waals surface area contributed by atoms with Gasteiger partial charge in [-0.25, -0.2) is 14.8 Å². The van der Waals surface area contributed by atoms with Crippen LogP contribution in [-0.2, 0) is 16.3 Å². The van der Waals surface area contributed by atoms with E-state index < -0.39 is 5.02 Å². The van der Waals surface area contributed by atoms with Crippen LogP contribution in [0.5, 0.6) is 5.75 Å². The predicted octanol–water partition coefficient (Wildman–Crippen LogP) is 4.61. The smallest absolute Gasteiger partial charge is 0.352 e. The van der Waals surface area contributed by atoms with Crippen LogP contribution in [-0.4, -0.2) is 92.9 Å². The molecule has 0 bridgehead atoms. The monoisotopic (exact) mass is 900 g/mol. The maximum Gasteiger partial charge on any atom is 0.352 e. The second-order valence-electron chi connectivity index (χ2n) is 11.7. The van der Waals surface area contributed by atoms with Crippen molar-refractivity contribution in [3.8, 4) is 137 Å². The molecule has 0 spiro atoms. The number of terminal acetylenes is 1. The van der Waals surface area contributed by atoms with E-state index in [0.717, 1.165) is 61.7 Å². The van der Waals surface area contributed by atoms with Gasteiger partial charge in [0.2, 0.25) is 10.4 Å². The number of aromatic nitrogens is 5. The lowest BCUT2D eigenvalue weighted by atomic mass is 10.2. The van der Waals surface area contributed by atoms with Crippen LogP contribution in [0.15, 0.2) is 73.8 Å². The Hall–Kier alpha value is -10.2. The molecule has 66 heavy (non-hydrogen) atoms. The lowest BCUT2D eigenvalue weighted by Crippen LogP contribution is -2.47. The quantitative estimate of drug-likeness (QED) is 0.0731. The van der Waals surface area contributed by atoms with Crippen LogP contribution in [0.1, 0.15) is 28.2 Å². The molecule has 1 saturated heterocycles. The lowest BCUT2D eigenvalue weighted by Gasteiger charge is -2.35. The maximum atomic E-state index is 13.2. The van der Waals surface area contributed by atoms with E-state index in [9.17, 15) is 10.0 Å². The summed E-state index contributed by atoms with van der Waals surface area (Å²) in [4.78, 5) is 30.0. The van der Waals surface area contributed by atoms with Gasteiger partial charge in [0.15, 0.2) is 5.65 Å². The summed E-state index contributed by atoms with van der Waals surface area (Å²) in [5, 5.41) is 35.0. The molecule has 346 valence electrons. The SMILES string of the molecule is C#CC#CC#CC#CC#CC#CC#CC#CC#CC#CC#CC.COCCN1CCN(c2cnc3c(c2)c2ncnn2c(=O)n3Cc2ccc(OC)cc2)CC1.NN=NN=NN=[N+]([O-])OO.[HH].[HH].[HH].[HH].[HH].[HH].[HH].[HH].[HH].[HH].[HH]. The first-order valence-electron chi connectivity index (χ1n) is 18.6. The third kappa shape index (κ3) is 18.2.